The molecule has 0 aliphatic rings. The molecule has 1 amide bonds. The van der Waals surface area contributed by atoms with E-state index in [-0.39, 0.29) is 17.2 Å². The molecule has 17 heavy (non-hydrogen) atoms. The van der Waals surface area contributed by atoms with Crippen molar-refractivity contribution in [3.8, 4) is 11.5 Å². The summed E-state index contributed by atoms with van der Waals surface area (Å²) in [5.74, 6) is 0.126. The van der Waals surface area contributed by atoms with Gasteiger partial charge in [-0.25, -0.2) is 0 Å². The number of benzene rings is 1. The summed E-state index contributed by atoms with van der Waals surface area (Å²) in [6, 6.07) is 4.60. The number of hydrogen-bond acceptors (Lipinski definition) is 3. The van der Waals surface area contributed by atoms with Crippen LogP contribution in [-0.2, 0) is 0 Å². The highest BCUT2D eigenvalue weighted by Gasteiger charge is 2.19. The lowest BCUT2D eigenvalue weighted by atomic mass is 10.0. The van der Waals surface area contributed by atoms with Gasteiger partial charge in [0.05, 0.1) is 7.11 Å². The van der Waals surface area contributed by atoms with Crippen LogP contribution in [0.5, 0.6) is 11.5 Å². The van der Waals surface area contributed by atoms with E-state index in [1.165, 1.54) is 13.2 Å². The first-order chi connectivity index (χ1) is 7.89. The second-order valence-corrected chi connectivity index (χ2v) is 4.58. The van der Waals surface area contributed by atoms with Crippen LogP contribution in [0.2, 0.25) is 0 Å². The maximum Gasteiger partial charge on any atom is 0.251 e. The number of hydrogen-bond donors (Lipinski definition) is 2. The van der Waals surface area contributed by atoms with Crippen LogP contribution in [0.25, 0.3) is 0 Å². The number of carbonyl (C=O) groups excluding carboxylic acids is 1. The van der Waals surface area contributed by atoms with E-state index in [4.69, 9.17) is 4.74 Å². The second kappa shape index (κ2) is 5.08. The maximum atomic E-state index is 11.9. The Morgan fingerprint density at radius 2 is 2.12 bits per heavy atom. The fraction of sp³-hybridized carbons (Fsp3) is 0.462. The molecule has 0 saturated carbocycles. The Morgan fingerprint density at radius 3 is 2.59 bits per heavy atom. The van der Waals surface area contributed by atoms with Crippen molar-refractivity contribution in [1.29, 1.82) is 0 Å². The summed E-state index contributed by atoms with van der Waals surface area (Å²) in [4.78, 5) is 11.9. The number of carbonyl (C=O) groups is 1. The number of phenols is 1. The van der Waals surface area contributed by atoms with Gasteiger partial charge in [-0.05, 0) is 38.5 Å². The zero-order valence-corrected chi connectivity index (χ0v) is 10.7. The average molecular weight is 237 g/mol. The molecule has 2 N–H and O–H groups in total. The van der Waals surface area contributed by atoms with Gasteiger partial charge in [0, 0.05) is 11.1 Å². The Morgan fingerprint density at radius 1 is 1.47 bits per heavy atom. The number of amides is 1. The van der Waals surface area contributed by atoms with Gasteiger partial charge >= 0.3 is 0 Å². The van der Waals surface area contributed by atoms with Crippen LogP contribution in [0.15, 0.2) is 18.2 Å². The lowest BCUT2D eigenvalue weighted by molar-refractivity contribution is 0.0911. The molecule has 0 bridgehead atoms. The minimum absolute atomic E-state index is 0.0329. The lowest BCUT2D eigenvalue weighted by Gasteiger charge is -2.24. The highest BCUT2D eigenvalue weighted by atomic mass is 16.5. The Bertz CT molecular complexity index is 413. The first-order valence-electron chi connectivity index (χ1n) is 5.59. The Kier molecular flexibility index (Phi) is 3.99. The Hall–Kier alpha value is -1.71. The summed E-state index contributed by atoms with van der Waals surface area (Å²) >= 11 is 0. The summed E-state index contributed by atoms with van der Waals surface area (Å²) < 4.78 is 4.92. The molecular weight excluding hydrogens is 218 g/mol. The van der Waals surface area contributed by atoms with Crippen molar-refractivity contribution >= 4 is 5.91 Å². The number of aromatic hydroxyl groups is 1. The molecule has 1 aromatic rings. The molecule has 0 atom stereocenters. The maximum absolute atomic E-state index is 11.9. The topological polar surface area (TPSA) is 58.6 Å². The summed E-state index contributed by atoms with van der Waals surface area (Å²) in [5.41, 5.74) is 0.164. The van der Waals surface area contributed by atoms with Crippen molar-refractivity contribution in [3.05, 3.63) is 23.8 Å². The van der Waals surface area contributed by atoms with E-state index in [1.807, 2.05) is 20.8 Å². The van der Waals surface area contributed by atoms with E-state index < -0.39 is 0 Å². The van der Waals surface area contributed by atoms with Gasteiger partial charge in [-0.3, -0.25) is 4.79 Å². The highest BCUT2D eigenvalue weighted by Crippen LogP contribution is 2.26. The van der Waals surface area contributed by atoms with Gasteiger partial charge in [0.2, 0.25) is 0 Å². The molecule has 94 valence electrons. The molecule has 0 aliphatic heterocycles. The zero-order chi connectivity index (χ0) is 13.1. The molecule has 0 heterocycles. The van der Waals surface area contributed by atoms with E-state index in [1.54, 1.807) is 12.1 Å². The molecule has 0 radical (unpaired) electrons. The second-order valence-electron chi connectivity index (χ2n) is 4.58. The van der Waals surface area contributed by atoms with E-state index in [0.717, 1.165) is 6.42 Å². The molecule has 1 rings (SSSR count). The smallest absolute Gasteiger partial charge is 0.251 e. The average Bonchev–Trinajstić information content (AvgIpc) is 2.28. The molecule has 0 spiro atoms. The van der Waals surface area contributed by atoms with Gasteiger partial charge in [-0.2, -0.15) is 0 Å². The third-order valence-corrected chi connectivity index (χ3v) is 2.78. The molecule has 4 heteroatoms. The Balaban J connectivity index is 2.87. The van der Waals surface area contributed by atoms with Crippen molar-refractivity contribution < 1.29 is 14.6 Å². The van der Waals surface area contributed by atoms with Crippen molar-refractivity contribution in [2.75, 3.05) is 7.11 Å². The molecule has 0 aromatic heterocycles. The van der Waals surface area contributed by atoms with Crippen LogP contribution in [0.3, 0.4) is 0 Å². The van der Waals surface area contributed by atoms with Crippen molar-refractivity contribution in [3.63, 3.8) is 0 Å². The van der Waals surface area contributed by atoms with Gasteiger partial charge in [-0.15, -0.1) is 0 Å². The quantitative estimate of drug-likeness (QED) is 0.845. The fourth-order valence-electron chi connectivity index (χ4n) is 1.30. The third-order valence-electron chi connectivity index (χ3n) is 2.78. The third kappa shape index (κ3) is 3.37. The van der Waals surface area contributed by atoms with Gasteiger partial charge in [0.1, 0.15) is 0 Å². The molecule has 0 saturated heterocycles. The normalized spacial score (nSPS) is 11.1. The molecule has 0 fully saturated rings. The number of methoxy groups -OCH3 is 1. The summed E-state index contributed by atoms with van der Waals surface area (Å²) in [5, 5.41) is 12.5. The van der Waals surface area contributed by atoms with Gasteiger partial charge in [-0.1, -0.05) is 6.92 Å². The van der Waals surface area contributed by atoms with E-state index in [0.29, 0.717) is 11.3 Å². The van der Waals surface area contributed by atoms with E-state index >= 15 is 0 Å². The van der Waals surface area contributed by atoms with Gasteiger partial charge in [0.25, 0.3) is 5.91 Å². The zero-order valence-electron chi connectivity index (χ0n) is 10.7. The standard InChI is InChI=1S/C13H19NO3/c1-5-13(2,3)14-12(16)9-6-7-11(17-4)10(15)8-9/h6-8,15H,5H2,1-4H3,(H,14,16). The Labute approximate surface area is 102 Å². The van der Waals surface area contributed by atoms with Crippen molar-refractivity contribution in [1.82, 2.24) is 5.32 Å². The molecule has 0 aliphatic carbocycles. The molecule has 0 unspecified atom stereocenters. The van der Waals surface area contributed by atoms with Crippen LogP contribution in [0.4, 0.5) is 0 Å². The van der Waals surface area contributed by atoms with Gasteiger partial charge < -0.3 is 15.2 Å². The summed E-state index contributed by atoms with van der Waals surface area (Å²) in [6.45, 7) is 5.91. The monoisotopic (exact) mass is 237 g/mol. The summed E-state index contributed by atoms with van der Waals surface area (Å²) in [7, 11) is 1.47. The minimum Gasteiger partial charge on any atom is -0.504 e. The molecule has 1 aromatic carbocycles. The van der Waals surface area contributed by atoms with Gasteiger partial charge in [0.15, 0.2) is 11.5 Å². The fourth-order valence-corrected chi connectivity index (χ4v) is 1.30. The first-order valence-corrected chi connectivity index (χ1v) is 5.59. The van der Waals surface area contributed by atoms with Crippen LogP contribution in [0, 0.1) is 0 Å². The van der Waals surface area contributed by atoms with Crippen LogP contribution < -0.4 is 10.1 Å². The minimum atomic E-state index is -0.257. The number of ether oxygens (including phenoxy) is 1. The predicted molar refractivity (Wildman–Crippen MR) is 66.5 cm³/mol. The number of nitrogens with one attached hydrogen (secondary N) is 1. The number of phenolic OH excluding ortho intramolecular Hbond substituents is 1. The van der Waals surface area contributed by atoms with Crippen molar-refractivity contribution in [2.45, 2.75) is 32.7 Å². The lowest BCUT2D eigenvalue weighted by Crippen LogP contribution is -2.42. The van der Waals surface area contributed by atoms with Crippen LogP contribution in [0.1, 0.15) is 37.6 Å². The largest absolute Gasteiger partial charge is 0.504 e. The molecular formula is C13H19NO3. The first kappa shape index (κ1) is 13.4. The predicted octanol–water partition coefficient (Wildman–Crippen LogP) is 2.32. The van der Waals surface area contributed by atoms with Crippen molar-refractivity contribution in [2.24, 2.45) is 0 Å². The van der Waals surface area contributed by atoms with E-state index in [9.17, 15) is 9.90 Å². The summed E-state index contributed by atoms with van der Waals surface area (Å²) in [6.07, 6.45) is 0.834. The van der Waals surface area contributed by atoms with Crippen LogP contribution in [-0.4, -0.2) is 23.7 Å². The highest BCUT2D eigenvalue weighted by molar-refractivity contribution is 5.95. The van der Waals surface area contributed by atoms with E-state index in [2.05, 4.69) is 5.32 Å². The number of rotatable bonds is 4. The SMILES string of the molecule is CCC(C)(C)NC(=O)c1ccc(OC)c(O)c1. The molecule has 4 nitrogen and oxygen atoms in total. The van der Waals surface area contributed by atoms with Crippen LogP contribution >= 0.6 is 0 Å².